The van der Waals surface area contributed by atoms with Crippen LogP contribution < -0.4 is 119 Å². The number of hydrogen-bond donors (Lipinski definition) is 3. The van der Waals surface area contributed by atoms with Crippen LogP contribution in [-0.2, 0) is 69.6 Å². The predicted molar refractivity (Wildman–Crippen MR) is 401 cm³/mol. The molecular weight excluding hydrogens is 1610 g/mol. The monoisotopic (exact) mass is 1710 g/mol. The van der Waals surface area contributed by atoms with Crippen LogP contribution in [0.15, 0.2) is 95.8 Å². The van der Waals surface area contributed by atoms with Gasteiger partial charge < -0.3 is 58.2 Å². The zero-order valence-electron chi connectivity index (χ0n) is 64.4. The Morgan fingerprint density at radius 3 is 1.13 bits per heavy atom. The molecule has 7 unspecified atom stereocenters. The Morgan fingerprint density at radius 1 is 0.544 bits per heavy atom. The Bertz CT molecular complexity index is 3320. The molecule has 4 heterocycles. The molecule has 14 atom stereocenters. The van der Waals surface area contributed by atoms with Gasteiger partial charge in [-0.25, -0.2) is 19.9 Å². The van der Waals surface area contributed by atoms with E-state index in [-0.39, 0.29) is 111 Å². The number of ether oxygens (including phenoxy) is 2. The van der Waals surface area contributed by atoms with Crippen LogP contribution in [0.25, 0.3) is 22.3 Å². The first-order valence-electron chi connectivity index (χ1n) is 32.0. The molecule has 41 heteroatoms. The first-order valence-corrected chi connectivity index (χ1v) is 58.1. The molecule has 6 rings (SSSR count). The summed E-state index contributed by atoms with van der Waals surface area (Å²) in [5, 5.41) is 12.1. The normalized spacial score (nSPS) is 22.5. The minimum absolute atomic E-state index is 0. The summed E-state index contributed by atoms with van der Waals surface area (Å²) in [7, 11) is -17.7. The van der Waals surface area contributed by atoms with Crippen molar-refractivity contribution in [1.29, 1.82) is 0 Å². The zero-order valence-corrected chi connectivity index (χ0v) is 79.8. The second-order valence-corrected chi connectivity index (χ2v) is 61.6. The number of alkyl halides is 6. The number of hydrogen-bond acceptors (Lipinski definition) is 24. The third-order valence-corrected chi connectivity index (χ3v) is 23.2. The van der Waals surface area contributed by atoms with E-state index in [0.29, 0.717) is 0 Å². The number of nitrogens with one attached hydrogen (secondary N) is 2. The van der Waals surface area contributed by atoms with Crippen molar-refractivity contribution in [2.24, 2.45) is 0 Å². The topological polar surface area (TPSA) is 276 Å². The van der Waals surface area contributed by atoms with E-state index in [1.54, 1.807) is 38.0 Å². The fourth-order valence-electron chi connectivity index (χ4n) is 10.2. The van der Waals surface area contributed by atoms with E-state index in [4.69, 9.17) is 50.3 Å². The molecule has 2 fully saturated rings. The Hall–Kier alpha value is 0.114. The molecule has 2 aliphatic rings. The van der Waals surface area contributed by atoms with Crippen LogP contribution in [-0.4, -0.2) is 211 Å². The second kappa shape index (κ2) is 44.0. The van der Waals surface area contributed by atoms with Crippen molar-refractivity contribution in [2.45, 2.75) is 237 Å². The number of thioether (sulfide) groups is 3. The van der Waals surface area contributed by atoms with Gasteiger partial charge in [-0.1, -0.05) is 31.2 Å². The third-order valence-electron chi connectivity index (χ3n) is 13.5. The van der Waals surface area contributed by atoms with E-state index >= 15 is 0 Å². The van der Waals surface area contributed by atoms with Gasteiger partial charge in [0.05, 0.1) is 24.4 Å². The molecule has 2 aliphatic heterocycles. The van der Waals surface area contributed by atoms with Crippen LogP contribution in [0.3, 0.4) is 0 Å². The average Bonchev–Trinajstić information content (AvgIpc) is 0.765. The molecule has 4 aromatic rings. The first-order chi connectivity index (χ1) is 46.1. The van der Waals surface area contributed by atoms with Crippen LogP contribution >= 0.6 is 47.9 Å². The van der Waals surface area contributed by atoms with Crippen molar-refractivity contribution in [3.63, 3.8) is 0 Å². The number of aromatic nitrogens is 4. The predicted octanol–water partition coefficient (Wildman–Crippen LogP) is 6.55. The fourth-order valence-corrected chi connectivity index (χ4v) is 20.2. The van der Waals surface area contributed by atoms with Crippen molar-refractivity contribution in [2.75, 3.05) is 18.8 Å². The maximum absolute atomic E-state index is 13.8. The summed E-state index contributed by atoms with van der Waals surface area (Å²) in [6.07, 6.45) is -3.78. The molecular formula is C62H102F6K2N6O16S5Si6. The molecule has 2 amide bonds. The zero-order chi connectivity index (χ0) is 77.2. The van der Waals surface area contributed by atoms with Crippen molar-refractivity contribution >= 4 is 126 Å². The SMILES string of the molecule is CSC1OC([C@H](NC(=O)C(F)(F)F)[C@@H](C)OS(C)(=O)=O)C(O[Si](C)(C)C)C(O[Si](C)(C)C)C1O[Si](C)(C)C.CSC1O[C@H]([C@H](NC(=O)C(F)(F)F)[C@H](C)Sc2ccc(-c3cncnc3)cc2)C(O[Si](C)(C)C)[C@@H](O[Si](C)(C)C)[C@H]1O[Si](C)(C)C.O=CO[O-].Sc1ccc(-c2cncnc2)cc1.[H-].[K+].[K+]. The van der Waals surface area contributed by atoms with Crippen LogP contribution in [0.5, 0.6) is 0 Å². The number of halogens is 6. The van der Waals surface area contributed by atoms with Crippen molar-refractivity contribution in [3.05, 3.63) is 86.0 Å². The Labute approximate surface area is 715 Å². The van der Waals surface area contributed by atoms with Crippen molar-refractivity contribution in [3.8, 4) is 22.3 Å². The summed E-state index contributed by atoms with van der Waals surface area (Å²) < 4.78 is 163. The molecule has 2 N–H and O–H groups in total. The Morgan fingerprint density at radius 2 is 0.835 bits per heavy atom. The smallest absolute Gasteiger partial charge is 1.00 e. The summed E-state index contributed by atoms with van der Waals surface area (Å²) in [5.41, 5.74) is 2.62. The standard InChI is InChI=1S/C30H48F3N3O5S2Si3.C21H44F3NO8S2Si3.C10H8N2S.CH2O3.2K.H/c1-19(43-22-14-12-20(13-15-22)21-16-34-18-35-17-21)23(36-29(37)30(31,32)33)24-25(39-44(3,4)5)26(40-45(6,7)8)27(28(38-24)42-2)41-46(9,10)11;1-13(30-35(3,27)28)14(25-20(26)21(22,23)24)15-16(31-36(4,5)6)17(32-37(7,8)9)18(19(29-15)34-2)33-38(10,11)12;13-10-3-1-8(2-4-10)9-5-11-7-12-6-9;2-1-4-3;;;/h12-19,23-28H,1-11H3,(H,36,37);13-19H,1-12H3,(H,25,26);1-7,13H;1,3H;;;/q;;;;2*+1;-1/p-1/t19-,23+,24+,25?,26+,27+,28?;13-,14-,15?,16?,17?,18?,19?;;;;;/m01...../s1. The molecule has 2 aromatic carbocycles. The summed E-state index contributed by atoms with van der Waals surface area (Å²) in [6, 6.07) is 12.9. The van der Waals surface area contributed by atoms with Gasteiger partial charge in [-0.05, 0) is 173 Å². The summed E-state index contributed by atoms with van der Waals surface area (Å²) in [5.74, 6) is -4.27. The van der Waals surface area contributed by atoms with Crippen LogP contribution in [0.4, 0.5) is 26.3 Å². The molecule has 2 aromatic heterocycles. The van der Waals surface area contributed by atoms with Crippen molar-refractivity contribution in [1.82, 2.24) is 30.6 Å². The van der Waals surface area contributed by atoms with Gasteiger partial charge in [-0.3, -0.25) is 18.6 Å². The fraction of sp³-hybridized carbons (Fsp3) is 0.629. The average molecular weight is 1710 g/mol. The summed E-state index contributed by atoms with van der Waals surface area (Å²) in [6.45, 7) is 39.0. The van der Waals surface area contributed by atoms with Gasteiger partial charge >= 0.3 is 127 Å². The molecule has 2 saturated heterocycles. The number of amides is 2. The van der Waals surface area contributed by atoms with Crippen molar-refractivity contribution < 1.29 is 204 Å². The van der Waals surface area contributed by atoms with Gasteiger partial charge in [0.1, 0.15) is 72.4 Å². The van der Waals surface area contributed by atoms with E-state index in [9.17, 15) is 44.3 Å². The number of carbonyl (C=O) groups excluding carboxylic acids is 3. The largest absolute Gasteiger partial charge is 1.00 e. The van der Waals surface area contributed by atoms with Gasteiger partial charge in [0.15, 0.2) is 49.9 Å². The molecule has 103 heavy (non-hydrogen) atoms. The van der Waals surface area contributed by atoms with Gasteiger partial charge in [0.25, 0.3) is 16.6 Å². The molecule has 0 saturated carbocycles. The quantitative estimate of drug-likeness (QED) is 0.00834. The molecule has 574 valence electrons. The van der Waals surface area contributed by atoms with Gasteiger partial charge in [0.2, 0.25) is 0 Å². The minimum Gasteiger partial charge on any atom is -1.00 e. The third kappa shape index (κ3) is 38.0. The number of thiol groups is 1. The maximum Gasteiger partial charge on any atom is 1.00 e. The minimum atomic E-state index is -5.22. The summed E-state index contributed by atoms with van der Waals surface area (Å²) >= 11 is 8.27. The van der Waals surface area contributed by atoms with Gasteiger partial charge in [0, 0.05) is 51.0 Å². The summed E-state index contributed by atoms with van der Waals surface area (Å²) in [4.78, 5) is 53.8. The molecule has 0 radical (unpaired) electrons. The van der Waals surface area contributed by atoms with E-state index in [0.717, 1.165) is 38.3 Å². The molecule has 0 aliphatic carbocycles. The van der Waals surface area contributed by atoms with Gasteiger partial charge in [-0.15, -0.1) is 47.9 Å². The number of benzene rings is 2. The van der Waals surface area contributed by atoms with Gasteiger partial charge in [-0.2, -0.15) is 34.8 Å². The van der Waals surface area contributed by atoms with Crippen LogP contribution in [0, 0.1) is 0 Å². The molecule has 0 spiro atoms. The van der Waals surface area contributed by atoms with E-state index < -0.39 is 167 Å². The Kier molecular flexibility index (Phi) is 43.2. The number of carbonyl (C=O) groups is 3. The van der Waals surface area contributed by atoms with E-state index in [2.05, 4.69) is 82.1 Å². The Balaban J connectivity index is 0.00000163. The second-order valence-electron chi connectivity index (χ2n) is 29.4. The van der Waals surface area contributed by atoms with Crippen LogP contribution in [0.1, 0.15) is 15.3 Å². The number of rotatable bonds is 27. The molecule has 22 nitrogen and oxygen atoms in total. The maximum atomic E-state index is 13.8. The van der Waals surface area contributed by atoms with Crippen LogP contribution in [0.2, 0.25) is 118 Å². The van der Waals surface area contributed by atoms with E-state index in [1.165, 1.54) is 54.9 Å². The number of nitrogens with zero attached hydrogens (tertiary/aromatic N) is 4. The molecule has 0 bridgehead atoms. The van der Waals surface area contributed by atoms with E-state index in [1.807, 2.05) is 139 Å². The first kappa shape index (κ1) is 101.